The quantitative estimate of drug-likeness (QED) is 0.298. The number of benzene rings is 2. The number of nitrogens with two attached hydrogens (primary N) is 1. The predicted octanol–water partition coefficient (Wildman–Crippen LogP) is 4.96. The van der Waals surface area contributed by atoms with E-state index in [0.717, 1.165) is 18.9 Å². The van der Waals surface area contributed by atoms with Gasteiger partial charge in [-0.05, 0) is 25.0 Å². The highest BCUT2D eigenvalue weighted by Gasteiger charge is 2.25. The molecular formula is C23H19ClF4N4O5. The zero-order valence-electron chi connectivity index (χ0n) is 19.0. The molecule has 4 N–H and O–H groups in total. The summed E-state index contributed by atoms with van der Waals surface area (Å²) in [5.74, 6) is -1.10. The van der Waals surface area contributed by atoms with Crippen LogP contribution in [0.15, 0.2) is 36.5 Å². The lowest BCUT2D eigenvalue weighted by Gasteiger charge is -2.14. The monoisotopic (exact) mass is 542 g/mol. The largest absolute Gasteiger partial charge is 0.496 e. The Morgan fingerprint density at radius 3 is 2.41 bits per heavy atom. The van der Waals surface area contributed by atoms with Gasteiger partial charge in [-0.1, -0.05) is 11.6 Å². The van der Waals surface area contributed by atoms with Crippen molar-refractivity contribution in [1.82, 2.24) is 10.3 Å². The van der Waals surface area contributed by atoms with E-state index in [9.17, 15) is 27.2 Å². The summed E-state index contributed by atoms with van der Waals surface area (Å²) in [6, 6.07) is 6.55. The van der Waals surface area contributed by atoms with Crippen molar-refractivity contribution in [3.05, 3.63) is 52.9 Å². The summed E-state index contributed by atoms with van der Waals surface area (Å²) >= 11 is 6.21. The Balaban J connectivity index is 0.000000568. The molecule has 0 radical (unpaired) electrons. The van der Waals surface area contributed by atoms with Crippen molar-refractivity contribution in [1.29, 1.82) is 0 Å². The van der Waals surface area contributed by atoms with Crippen molar-refractivity contribution in [2.45, 2.75) is 25.1 Å². The molecule has 196 valence electrons. The molecule has 0 unspecified atom stereocenters. The van der Waals surface area contributed by atoms with Crippen LogP contribution in [0.1, 0.15) is 23.2 Å². The van der Waals surface area contributed by atoms with Gasteiger partial charge in [0.15, 0.2) is 11.6 Å². The summed E-state index contributed by atoms with van der Waals surface area (Å²) in [6.45, 7) is 0. The highest BCUT2D eigenvalue weighted by molar-refractivity contribution is 6.33. The van der Waals surface area contributed by atoms with Gasteiger partial charge < -0.3 is 25.8 Å². The Hall–Kier alpha value is -4.13. The van der Waals surface area contributed by atoms with Crippen LogP contribution in [-0.4, -0.2) is 42.5 Å². The number of hydrogen-bond acceptors (Lipinski definition) is 6. The van der Waals surface area contributed by atoms with Gasteiger partial charge in [0.25, 0.3) is 5.91 Å². The minimum atomic E-state index is -4.64. The average molecular weight is 543 g/mol. The molecule has 0 spiro atoms. The van der Waals surface area contributed by atoms with E-state index < -0.39 is 30.2 Å². The van der Waals surface area contributed by atoms with Gasteiger partial charge >= 0.3 is 12.2 Å². The lowest BCUT2D eigenvalue weighted by molar-refractivity contribution is -0.156. The van der Waals surface area contributed by atoms with Crippen molar-refractivity contribution in [3.8, 4) is 17.2 Å². The molecule has 0 bridgehead atoms. The van der Waals surface area contributed by atoms with E-state index in [1.54, 1.807) is 0 Å². The second-order valence-corrected chi connectivity index (χ2v) is 8.05. The molecule has 0 saturated heterocycles. The maximum atomic E-state index is 14.7. The van der Waals surface area contributed by atoms with Crippen molar-refractivity contribution < 1.29 is 41.4 Å². The van der Waals surface area contributed by atoms with Gasteiger partial charge in [-0.25, -0.2) is 9.18 Å². The first-order chi connectivity index (χ1) is 17.4. The third kappa shape index (κ3) is 7.43. The molecule has 37 heavy (non-hydrogen) atoms. The molecule has 1 aliphatic carbocycles. The Morgan fingerprint density at radius 2 is 1.84 bits per heavy atom. The third-order valence-corrected chi connectivity index (χ3v) is 5.14. The molecule has 9 nitrogen and oxygen atoms in total. The standard InChI is InChI=1S/C21H18ClFN4O4.C2HF3O/c1-30-18-9-15-11(6-12(18)20(24)28)17(4-5-25-15)31-19-7-13(22)16(8-14(19)23)27-21(29)26-10-2-3-10;3-2(4,5)1-6/h4-10H,2-3H2,1H3,(H2,24,28)(H2,26,27,29);1H. The van der Waals surface area contributed by atoms with Gasteiger partial charge in [0.2, 0.25) is 6.29 Å². The lowest BCUT2D eigenvalue weighted by Crippen LogP contribution is -2.30. The summed E-state index contributed by atoms with van der Waals surface area (Å²) in [5, 5.41) is 5.78. The minimum Gasteiger partial charge on any atom is -0.496 e. The fourth-order valence-electron chi connectivity index (χ4n) is 2.99. The van der Waals surface area contributed by atoms with Crippen molar-refractivity contribution >= 4 is 46.4 Å². The number of alkyl halides is 3. The smallest absolute Gasteiger partial charge is 0.446 e. The number of urea groups is 1. The number of carbonyl (C=O) groups is 3. The lowest BCUT2D eigenvalue weighted by atomic mass is 10.1. The predicted molar refractivity (Wildman–Crippen MR) is 126 cm³/mol. The van der Waals surface area contributed by atoms with Gasteiger partial charge in [-0.3, -0.25) is 14.6 Å². The van der Waals surface area contributed by atoms with Crippen LogP contribution < -0.4 is 25.8 Å². The molecule has 1 fully saturated rings. The van der Waals surface area contributed by atoms with E-state index in [0.29, 0.717) is 10.9 Å². The van der Waals surface area contributed by atoms with Crippen LogP contribution in [0.4, 0.5) is 28.0 Å². The van der Waals surface area contributed by atoms with E-state index in [1.807, 2.05) is 0 Å². The number of ether oxygens (including phenoxy) is 2. The van der Waals surface area contributed by atoms with Gasteiger partial charge in [0.05, 0.1) is 28.9 Å². The van der Waals surface area contributed by atoms with E-state index >= 15 is 0 Å². The second-order valence-electron chi connectivity index (χ2n) is 7.64. The Labute approximate surface area is 211 Å². The highest BCUT2D eigenvalue weighted by Crippen LogP contribution is 2.37. The van der Waals surface area contributed by atoms with Gasteiger partial charge in [-0.15, -0.1) is 0 Å². The third-order valence-electron chi connectivity index (χ3n) is 4.82. The van der Waals surface area contributed by atoms with Crippen LogP contribution in [0.2, 0.25) is 5.02 Å². The Morgan fingerprint density at radius 1 is 1.16 bits per heavy atom. The second kappa shape index (κ2) is 11.3. The van der Waals surface area contributed by atoms with Gasteiger partial charge in [0.1, 0.15) is 11.5 Å². The molecule has 2 aromatic carbocycles. The summed E-state index contributed by atoms with van der Waals surface area (Å²) in [4.78, 5) is 36.6. The molecule has 1 saturated carbocycles. The number of rotatable bonds is 6. The summed E-state index contributed by atoms with van der Waals surface area (Å²) in [5.41, 5.74) is 6.13. The number of hydrogen-bond donors (Lipinski definition) is 3. The number of nitrogens with zero attached hydrogens (tertiary/aromatic N) is 1. The van der Waals surface area contributed by atoms with Crippen molar-refractivity contribution in [2.75, 3.05) is 12.4 Å². The number of amides is 3. The zero-order valence-corrected chi connectivity index (χ0v) is 19.7. The number of halogens is 5. The maximum absolute atomic E-state index is 14.7. The summed E-state index contributed by atoms with van der Waals surface area (Å²) < 4.78 is 56.9. The fraction of sp³-hybridized carbons (Fsp3) is 0.217. The molecule has 4 rings (SSSR count). The fourth-order valence-corrected chi connectivity index (χ4v) is 3.19. The van der Waals surface area contributed by atoms with E-state index in [2.05, 4.69) is 15.6 Å². The molecule has 0 atom stereocenters. The number of anilines is 1. The number of nitrogens with one attached hydrogen (secondary N) is 2. The molecule has 3 amide bonds. The number of carbonyl (C=O) groups excluding carboxylic acids is 3. The number of pyridine rings is 1. The van der Waals surface area contributed by atoms with E-state index in [4.69, 9.17) is 31.6 Å². The molecule has 14 heteroatoms. The van der Waals surface area contributed by atoms with Crippen LogP contribution in [0.5, 0.6) is 17.2 Å². The molecular weight excluding hydrogens is 524 g/mol. The molecule has 1 aliphatic rings. The Bertz CT molecular complexity index is 1350. The average Bonchev–Trinajstić information content (AvgIpc) is 3.65. The first kappa shape index (κ1) is 27.5. The first-order valence-corrected chi connectivity index (χ1v) is 10.8. The number of primary amides is 1. The number of fused-ring (bicyclic) bond motifs is 1. The van der Waals surface area contributed by atoms with Gasteiger partial charge in [-0.2, -0.15) is 13.2 Å². The van der Waals surface area contributed by atoms with Crippen LogP contribution in [0.3, 0.4) is 0 Å². The van der Waals surface area contributed by atoms with E-state index in [-0.39, 0.29) is 39.6 Å². The van der Waals surface area contributed by atoms with Crippen molar-refractivity contribution in [3.63, 3.8) is 0 Å². The summed E-state index contributed by atoms with van der Waals surface area (Å²) in [6.07, 6.45) is -2.39. The topological polar surface area (TPSA) is 133 Å². The van der Waals surface area contributed by atoms with E-state index in [1.165, 1.54) is 37.6 Å². The van der Waals surface area contributed by atoms with Crippen LogP contribution in [0.25, 0.3) is 10.9 Å². The molecule has 0 aliphatic heterocycles. The number of methoxy groups -OCH3 is 1. The summed E-state index contributed by atoms with van der Waals surface area (Å²) in [7, 11) is 1.41. The maximum Gasteiger partial charge on any atom is 0.446 e. The van der Waals surface area contributed by atoms with Crippen LogP contribution in [-0.2, 0) is 4.79 Å². The normalized spacial score (nSPS) is 12.7. The van der Waals surface area contributed by atoms with Crippen LogP contribution in [0, 0.1) is 5.82 Å². The highest BCUT2D eigenvalue weighted by atomic mass is 35.5. The van der Waals surface area contributed by atoms with Crippen molar-refractivity contribution in [2.24, 2.45) is 5.73 Å². The first-order valence-electron chi connectivity index (χ1n) is 10.5. The number of aldehydes is 1. The number of aromatic nitrogens is 1. The molecule has 1 heterocycles. The van der Waals surface area contributed by atoms with Crippen LogP contribution >= 0.6 is 11.6 Å². The molecule has 3 aromatic rings. The minimum absolute atomic E-state index is 0.0974. The molecule has 1 aromatic heterocycles. The van der Waals surface area contributed by atoms with Gasteiger partial charge in [0, 0.05) is 35.8 Å². The zero-order chi connectivity index (χ0) is 27.3. The Kier molecular flexibility index (Phi) is 8.38. The SMILES string of the molecule is COc1cc2nccc(Oc3cc(Cl)c(NC(=O)NC4CC4)cc3F)c2cc1C(N)=O.O=CC(F)(F)F.